The van der Waals surface area contributed by atoms with Crippen LogP contribution >= 0.6 is 15.9 Å². The van der Waals surface area contributed by atoms with Crippen molar-refractivity contribution in [1.29, 1.82) is 0 Å². The van der Waals surface area contributed by atoms with Gasteiger partial charge in [-0.25, -0.2) is 0 Å². The number of carbonyl (C=O) groups is 1. The third-order valence-corrected chi connectivity index (χ3v) is 4.18. The summed E-state index contributed by atoms with van der Waals surface area (Å²) in [6.45, 7) is 1.60. The Labute approximate surface area is 111 Å². The molecule has 1 aromatic rings. The van der Waals surface area contributed by atoms with Crippen LogP contribution in [-0.4, -0.2) is 11.9 Å². The zero-order chi connectivity index (χ0) is 12.3. The molecule has 0 spiro atoms. The highest BCUT2D eigenvalue weighted by molar-refractivity contribution is 9.10. The number of rotatable bonds is 2. The Hall–Kier alpha value is -0.830. The molecule has 17 heavy (non-hydrogen) atoms. The first-order valence-corrected chi connectivity index (χ1v) is 6.99. The van der Waals surface area contributed by atoms with Crippen molar-refractivity contribution in [2.75, 3.05) is 0 Å². The minimum Gasteiger partial charge on any atom is -0.353 e. The second kappa shape index (κ2) is 5.67. The lowest BCUT2D eigenvalue weighted by atomic mass is 9.80. The summed E-state index contributed by atoms with van der Waals surface area (Å²) in [6, 6.07) is 8.63. The first kappa shape index (κ1) is 12.6. The number of amides is 1. The molecule has 0 unspecified atom stereocenters. The van der Waals surface area contributed by atoms with Gasteiger partial charge in [-0.2, -0.15) is 0 Å². The molecule has 1 fully saturated rings. The van der Waals surface area contributed by atoms with E-state index in [0.29, 0.717) is 12.0 Å². The lowest BCUT2D eigenvalue weighted by Gasteiger charge is -2.32. The van der Waals surface area contributed by atoms with E-state index in [9.17, 15) is 4.79 Å². The van der Waals surface area contributed by atoms with E-state index in [1.807, 2.05) is 6.07 Å². The van der Waals surface area contributed by atoms with E-state index < -0.39 is 0 Å². The van der Waals surface area contributed by atoms with E-state index in [1.54, 1.807) is 6.92 Å². The molecule has 92 valence electrons. The maximum atomic E-state index is 11.3. The molecule has 3 heteroatoms. The van der Waals surface area contributed by atoms with E-state index in [0.717, 1.165) is 17.3 Å². The van der Waals surface area contributed by atoms with Gasteiger partial charge in [0.05, 0.1) is 0 Å². The summed E-state index contributed by atoms with van der Waals surface area (Å²) in [5.74, 6) is 0.525. The largest absolute Gasteiger partial charge is 0.353 e. The zero-order valence-electron chi connectivity index (χ0n) is 10.1. The van der Waals surface area contributed by atoms with Crippen molar-refractivity contribution in [3.8, 4) is 0 Å². The third-order valence-electron chi connectivity index (χ3n) is 3.46. The number of carbonyl (C=O) groups excluding carboxylic acids is 1. The normalized spacial score (nSPS) is 24.4. The predicted octanol–water partition coefficient (Wildman–Crippen LogP) is 3.61. The van der Waals surface area contributed by atoms with Crippen LogP contribution in [0.15, 0.2) is 28.7 Å². The number of benzene rings is 1. The van der Waals surface area contributed by atoms with Crippen LogP contribution in [0.1, 0.15) is 44.1 Å². The maximum absolute atomic E-state index is 11.3. The first-order chi connectivity index (χ1) is 8.18. The van der Waals surface area contributed by atoms with Crippen LogP contribution in [0.3, 0.4) is 0 Å². The SMILES string of the molecule is CC(=O)N[C@H]1CCCC[C@H]1c1ccccc1Br. The monoisotopic (exact) mass is 295 g/mol. The van der Waals surface area contributed by atoms with Gasteiger partial charge in [0.1, 0.15) is 0 Å². The van der Waals surface area contributed by atoms with Crippen molar-refractivity contribution in [3.05, 3.63) is 34.3 Å². The van der Waals surface area contributed by atoms with Crippen LogP contribution in [0, 0.1) is 0 Å². The van der Waals surface area contributed by atoms with Crippen LogP contribution in [0.25, 0.3) is 0 Å². The van der Waals surface area contributed by atoms with Gasteiger partial charge in [-0.05, 0) is 24.5 Å². The fraction of sp³-hybridized carbons (Fsp3) is 0.500. The molecule has 1 N–H and O–H groups in total. The third kappa shape index (κ3) is 3.09. The Kier molecular flexibility index (Phi) is 4.21. The summed E-state index contributed by atoms with van der Waals surface area (Å²) < 4.78 is 1.15. The molecule has 0 aromatic heterocycles. The van der Waals surface area contributed by atoms with E-state index in [2.05, 4.69) is 39.4 Å². The van der Waals surface area contributed by atoms with Crippen molar-refractivity contribution in [3.63, 3.8) is 0 Å². The number of nitrogens with one attached hydrogen (secondary N) is 1. The molecule has 1 aliphatic carbocycles. The van der Waals surface area contributed by atoms with Crippen molar-refractivity contribution in [2.45, 2.75) is 44.6 Å². The van der Waals surface area contributed by atoms with E-state index >= 15 is 0 Å². The molecule has 2 atom stereocenters. The van der Waals surface area contributed by atoms with Crippen LogP contribution in [-0.2, 0) is 4.79 Å². The van der Waals surface area contributed by atoms with E-state index in [1.165, 1.54) is 18.4 Å². The average molecular weight is 296 g/mol. The fourth-order valence-electron chi connectivity index (χ4n) is 2.71. The lowest BCUT2D eigenvalue weighted by molar-refractivity contribution is -0.120. The molecule has 0 heterocycles. The van der Waals surface area contributed by atoms with Crippen LogP contribution in [0.5, 0.6) is 0 Å². The molecular formula is C14H18BrNO. The molecule has 1 saturated carbocycles. The smallest absolute Gasteiger partial charge is 0.217 e. The van der Waals surface area contributed by atoms with Gasteiger partial charge in [0, 0.05) is 23.4 Å². The van der Waals surface area contributed by atoms with Gasteiger partial charge < -0.3 is 5.32 Å². The molecule has 0 saturated heterocycles. The zero-order valence-corrected chi connectivity index (χ0v) is 11.7. The van der Waals surface area contributed by atoms with Gasteiger partial charge in [-0.3, -0.25) is 4.79 Å². The highest BCUT2D eigenvalue weighted by atomic mass is 79.9. The second-order valence-electron chi connectivity index (χ2n) is 4.72. The Morgan fingerprint density at radius 3 is 2.71 bits per heavy atom. The van der Waals surface area contributed by atoms with Gasteiger partial charge in [-0.15, -0.1) is 0 Å². The van der Waals surface area contributed by atoms with Crippen LogP contribution < -0.4 is 5.32 Å². The standard InChI is InChI=1S/C14H18BrNO/c1-10(17)16-14-9-5-3-7-12(14)11-6-2-4-8-13(11)15/h2,4,6,8,12,14H,3,5,7,9H2,1H3,(H,16,17)/t12-,14-/m0/s1. The Morgan fingerprint density at radius 2 is 2.00 bits per heavy atom. The van der Waals surface area contributed by atoms with Gasteiger partial charge in [0.15, 0.2) is 0 Å². The maximum Gasteiger partial charge on any atom is 0.217 e. The highest BCUT2D eigenvalue weighted by Gasteiger charge is 2.28. The lowest BCUT2D eigenvalue weighted by Crippen LogP contribution is -2.39. The van der Waals surface area contributed by atoms with Gasteiger partial charge >= 0.3 is 0 Å². The van der Waals surface area contributed by atoms with Crippen LogP contribution in [0.4, 0.5) is 0 Å². The summed E-state index contributed by atoms with van der Waals surface area (Å²) in [5, 5.41) is 3.10. The number of halogens is 1. The number of hydrogen-bond donors (Lipinski definition) is 1. The molecule has 0 bridgehead atoms. The van der Waals surface area contributed by atoms with Gasteiger partial charge in [-0.1, -0.05) is 47.0 Å². The Balaban J connectivity index is 2.21. The highest BCUT2D eigenvalue weighted by Crippen LogP contribution is 2.36. The molecule has 2 nitrogen and oxygen atoms in total. The summed E-state index contributed by atoms with van der Waals surface area (Å²) >= 11 is 3.61. The molecule has 1 aromatic carbocycles. The van der Waals surface area contributed by atoms with Crippen molar-refractivity contribution < 1.29 is 4.79 Å². The summed E-state index contributed by atoms with van der Waals surface area (Å²) in [5.41, 5.74) is 1.32. The minimum atomic E-state index is 0.0777. The molecule has 1 aliphatic rings. The molecule has 1 amide bonds. The minimum absolute atomic E-state index is 0.0777. The Bertz CT molecular complexity index is 405. The molecule has 2 rings (SSSR count). The summed E-state index contributed by atoms with van der Waals surface area (Å²) in [6.07, 6.45) is 4.72. The molecule has 0 radical (unpaired) electrons. The van der Waals surface area contributed by atoms with Crippen molar-refractivity contribution in [2.24, 2.45) is 0 Å². The van der Waals surface area contributed by atoms with E-state index in [4.69, 9.17) is 0 Å². The molecular weight excluding hydrogens is 278 g/mol. The first-order valence-electron chi connectivity index (χ1n) is 6.20. The quantitative estimate of drug-likeness (QED) is 0.887. The second-order valence-corrected chi connectivity index (χ2v) is 5.57. The summed E-state index contributed by atoms with van der Waals surface area (Å²) in [7, 11) is 0. The molecule has 0 aliphatic heterocycles. The number of hydrogen-bond acceptors (Lipinski definition) is 1. The predicted molar refractivity (Wildman–Crippen MR) is 73.0 cm³/mol. The van der Waals surface area contributed by atoms with Crippen molar-refractivity contribution in [1.82, 2.24) is 5.32 Å². The van der Waals surface area contributed by atoms with Gasteiger partial charge in [0.2, 0.25) is 5.91 Å². The topological polar surface area (TPSA) is 29.1 Å². The van der Waals surface area contributed by atoms with Crippen molar-refractivity contribution >= 4 is 21.8 Å². The van der Waals surface area contributed by atoms with E-state index in [-0.39, 0.29) is 5.91 Å². The van der Waals surface area contributed by atoms with Crippen LogP contribution in [0.2, 0.25) is 0 Å². The summed E-state index contributed by atoms with van der Waals surface area (Å²) in [4.78, 5) is 11.3. The van der Waals surface area contributed by atoms with Gasteiger partial charge in [0.25, 0.3) is 0 Å². The Morgan fingerprint density at radius 1 is 1.29 bits per heavy atom. The average Bonchev–Trinajstić information content (AvgIpc) is 2.30. The fourth-order valence-corrected chi connectivity index (χ4v) is 3.29.